The molecule has 39 heavy (non-hydrogen) atoms. The van der Waals surface area contributed by atoms with Gasteiger partial charge in [0.05, 0.1) is 35.6 Å². The number of allylic oxidation sites excluding steroid dienone is 1. The maximum absolute atomic E-state index is 13.9. The Morgan fingerprint density at radius 3 is 2.54 bits per heavy atom. The minimum atomic E-state index is -0.793. The molecule has 1 aromatic heterocycles. The molecule has 0 amide bonds. The van der Waals surface area contributed by atoms with Crippen molar-refractivity contribution in [3.63, 3.8) is 0 Å². The Morgan fingerprint density at radius 1 is 1.13 bits per heavy atom. The number of carbonyl (C=O) groups excluding carboxylic acids is 2. The summed E-state index contributed by atoms with van der Waals surface area (Å²) in [6.07, 6.45) is 1.59. The maximum atomic E-state index is 13.9. The first kappa shape index (κ1) is 27.8. The van der Waals surface area contributed by atoms with E-state index in [0.29, 0.717) is 37.7 Å². The number of esters is 2. The number of nitrogens with zero attached hydrogens (tertiary/aromatic N) is 2. The van der Waals surface area contributed by atoms with Gasteiger partial charge in [0, 0.05) is 12.5 Å². The molecule has 4 rings (SSSR count). The molecular formula is C29H30N2O7S. The van der Waals surface area contributed by atoms with Crippen molar-refractivity contribution in [3.8, 4) is 17.2 Å². The normalized spacial score (nSPS) is 15.1. The molecule has 0 aliphatic carbocycles. The number of para-hydroxylation sites is 1. The van der Waals surface area contributed by atoms with E-state index >= 15 is 0 Å². The molecule has 10 heteroatoms. The quantitative estimate of drug-likeness (QED) is 0.312. The third-order valence-electron chi connectivity index (χ3n) is 5.83. The molecule has 0 fully saturated rings. The first-order valence-corrected chi connectivity index (χ1v) is 13.3. The molecule has 204 valence electrons. The molecule has 1 aliphatic heterocycles. The van der Waals surface area contributed by atoms with Gasteiger partial charge in [-0.2, -0.15) is 0 Å². The molecule has 0 saturated carbocycles. The van der Waals surface area contributed by atoms with Crippen LogP contribution in [0, 0.1) is 0 Å². The van der Waals surface area contributed by atoms with Gasteiger partial charge in [-0.15, -0.1) is 0 Å². The predicted octanol–water partition coefficient (Wildman–Crippen LogP) is 3.52. The summed E-state index contributed by atoms with van der Waals surface area (Å²) in [4.78, 5) is 43.5. The molecule has 0 N–H and O–H groups in total. The number of ether oxygens (including phenoxy) is 4. The Hall–Kier alpha value is -4.18. The third kappa shape index (κ3) is 5.80. The molecular weight excluding hydrogens is 520 g/mol. The van der Waals surface area contributed by atoms with Crippen molar-refractivity contribution in [2.75, 3.05) is 13.7 Å². The van der Waals surface area contributed by atoms with Crippen molar-refractivity contribution >= 4 is 29.4 Å². The third-order valence-corrected chi connectivity index (χ3v) is 6.82. The van der Waals surface area contributed by atoms with E-state index in [0.717, 1.165) is 0 Å². The fourth-order valence-electron chi connectivity index (χ4n) is 4.32. The summed E-state index contributed by atoms with van der Waals surface area (Å²) >= 11 is 1.21. The average Bonchev–Trinajstić information content (AvgIpc) is 3.18. The summed E-state index contributed by atoms with van der Waals surface area (Å²) in [5.74, 6) is 0.186. The molecule has 0 spiro atoms. The number of rotatable bonds is 8. The second-order valence-corrected chi connectivity index (χ2v) is 10.0. The van der Waals surface area contributed by atoms with Crippen molar-refractivity contribution in [2.45, 2.75) is 46.8 Å². The van der Waals surface area contributed by atoms with Gasteiger partial charge in [0.25, 0.3) is 5.56 Å². The van der Waals surface area contributed by atoms with Gasteiger partial charge in [-0.25, -0.2) is 9.79 Å². The number of aromatic nitrogens is 1. The topological polar surface area (TPSA) is 105 Å². The highest BCUT2D eigenvalue weighted by atomic mass is 32.1. The zero-order chi connectivity index (χ0) is 28.3. The smallest absolute Gasteiger partial charge is 0.338 e. The van der Waals surface area contributed by atoms with Crippen molar-refractivity contribution < 1.29 is 28.5 Å². The highest BCUT2D eigenvalue weighted by molar-refractivity contribution is 7.07. The summed E-state index contributed by atoms with van der Waals surface area (Å²) in [6, 6.07) is 11.6. The van der Waals surface area contributed by atoms with Gasteiger partial charge < -0.3 is 18.9 Å². The zero-order valence-electron chi connectivity index (χ0n) is 22.6. The number of hydrogen-bond donors (Lipinski definition) is 0. The van der Waals surface area contributed by atoms with E-state index in [9.17, 15) is 14.4 Å². The van der Waals surface area contributed by atoms with Crippen LogP contribution in [0.5, 0.6) is 17.2 Å². The highest BCUT2D eigenvalue weighted by Crippen LogP contribution is 2.36. The number of thiazole rings is 1. The van der Waals surface area contributed by atoms with Crippen molar-refractivity contribution in [3.05, 3.63) is 84.5 Å². The molecule has 1 atom stereocenters. The summed E-state index contributed by atoms with van der Waals surface area (Å²) in [7, 11) is 1.47. The van der Waals surface area contributed by atoms with Gasteiger partial charge in [0.2, 0.25) is 0 Å². The predicted molar refractivity (Wildman–Crippen MR) is 147 cm³/mol. The molecule has 2 heterocycles. The largest absolute Gasteiger partial charge is 0.493 e. The molecule has 0 saturated heterocycles. The summed E-state index contributed by atoms with van der Waals surface area (Å²) in [5, 5.41) is 0. The van der Waals surface area contributed by atoms with E-state index in [1.165, 1.54) is 29.9 Å². The molecule has 0 bridgehead atoms. The van der Waals surface area contributed by atoms with Crippen molar-refractivity contribution in [2.24, 2.45) is 4.99 Å². The van der Waals surface area contributed by atoms with Crippen LogP contribution in [0.1, 0.15) is 51.8 Å². The Bertz CT molecular complexity index is 1630. The fourth-order valence-corrected chi connectivity index (χ4v) is 5.36. The van der Waals surface area contributed by atoms with E-state index < -0.39 is 18.0 Å². The van der Waals surface area contributed by atoms with Crippen molar-refractivity contribution in [1.82, 2.24) is 4.57 Å². The second kappa shape index (κ2) is 11.7. The molecule has 0 radical (unpaired) electrons. The lowest BCUT2D eigenvalue weighted by Gasteiger charge is -2.26. The van der Waals surface area contributed by atoms with Gasteiger partial charge in [0.15, 0.2) is 16.3 Å². The summed E-state index contributed by atoms with van der Waals surface area (Å²) in [6.45, 7) is 8.78. The zero-order valence-corrected chi connectivity index (χ0v) is 23.5. The minimum Gasteiger partial charge on any atom is -0.493 e. The molecule has 1 aliphatic rings. The lowest BCUT2D eigenvalue weighted by molar-refractivity contribution is -0.139. The highest BCUT2D eigenvalue weighted by Gasteiger charge is 2.35. The molecule has 0 unspecified atom stereocenters. The van der Waals surface area contributed by atoms with Gasteiger partial charge in [0.1, 0.15) is 11.8 Å². The summed E-state index contributed by atoms with van der Waals surface area (Å²) in [5.41, 5.74) is 1.75. The number of methoxy groups -OCH3 is 1. The fraction of sp³-hybridized carbons (Fsp3) is 0.310. The van der Waals surface area contributed by atoms with Crippen LogP contribution >= 0.6 is 11.3 Å². The number of fused-ring (bicyclic) bond motifs is 1. The van der Waals surface area contributed by atoms with Crippen LogP contribution in [-0.4, -0.2) is 36.3 Å². The van der Waals surface area contributed by atoms with Gasteiger partial charge in [-0.3, -0.25) is 14.2 Å². The SMILES string of the molecule is CCOC(=O)C1=C(C)N=c2s/c(=C\c3ccc(OC(C)=O)c(OC)c3)c(=O)n2[C@H]1c1ccccc1OC(C)C. The Balaban J connectivity index is 1.93. The Kier molecular flexibility index (Phi) is 8.35. The standard InChI is InChI=1S/C29H30N2O7S/c1-7-36-28(34)25-17(4)30-29-31(26(25)20-10-8-9-11-21(20)37-16(2)3)27(33)24(39-29)15-19-12-13-22(38-18(5)32)23(14-19)35-6/h8-16,26H,7H2,1-6H3/b24-15-/t26-/m0/s1. The van der Waals surface area contributed by atoms with E-state index in [2.05, 4.69) is 4.99 Å². The van der Waals surface area contributed by atoms with Crippen LogP contribution < -0.4 is 29.1 Å². The van der Waals surface area contributed by atoms with E-state index in [-0.39, 0.29) is 29.6 Å². The Morgan fingerprint density at radius 2 is 1.87 bits per heavy atom. The van der Waals surface area contributed by atoms with E-state index in [1.54, 1.807) is 38.1 Å². The van der Waals surface area contributed by atoms with Crippen LogP contribution in [0.4, 0.5) is 0 Å². The number of benzene rings is 2. The minimum absolute atomic E-state index is 0.122. The van der Waals surface area contributed by atoms with Gasteiger partial charge in [-0.1, -0.05) is 35.6 Å². The molecule has 2 aromatic carbocycles. The van der Waals surface area contributed by atoms with Crippen molar-refractivity contribution in [1.29, 1.82) is 0 Å². The first-order chi connectivity index (χ1) is 18.6. The first-order valence-electron chi connectivity index (χ1n) is 12.5. The Labute approximate surface area is 229 Å². The van der Waals surface area contributed by atoms with E-state index in [1.807, 2.05) is 38.1 Å². The summed E-state index contributed by atoms with van der Waals surface area (Å²) < 4.78 is 23.9. The van der Waals surface area contributed by atoms with Gasteiger partial charge in [-0.05, 0) is 57.5 Å². The van der Waals surface area contributed by atoms with Crippen LogP contribution in [0.2, 0.25) is 0 Å². The number of hydrogen-bond acceptors (Lipinski definition) is 9. The van der Waals surface area contributed by atoms with Gasteiger partial charge >= 0.3 is 11.9 Å². The maximum Gasteiger partial charge on any atom is 0.338 e. The lowest BCUT2D eigenvalue weighted by Crippen LogP contribution is -2.40. The average molecular weight is 551 g/mol. The monoisotopic (exact) mass is 550 g/mol. The molecule has 3 aromatic rings. The number of carbonyl (C=O) groups is 2. The van der Waals surface area contributed by atoms with Crippen LogP contribution in [-0.2, 0) is 14.3 Å². The lowest BCUT2D eigenvalue weighted by atomic mass is 9.95. The second-order valence-electron chi connectivity index (χ2n) is 9.01. The van der Waals surface area contributed by atoms with E-state index in [4.69, 9.17) is 18.9 Å². The molecule has 9 nitrogen and oxygen atoms in total. The van der Waals surface area contributed by atoms with Crippen LogP contribution in [0.3, 0.4) is 0 Å². The van der Waals surface area contributed by atoms with Crippen LogP contribution in [0.15, 0.2) is 63.5 Å². The van der Waals surface area contributed by atoms with Crippen LogP contribution in [0.25, 0.3) is 6.08 Å².